The van der Waals surface area contributed by atoms with E-state index in [4.69, 9.17) is 0 Å². The van der Waals surface area contributed by atoms with Crippen LogP contribution in [0.25, 0.3) is 0 Å². The van der Waals surface area contributed by atoms with Gasteiger partial charge in [-0.25, -0.2) is 4.98 Å². The lowest BCUT2D eigenvalue weighted by Gasteiger charge is -2.34. The van der Waals surface area contributed by atoms with Gasteiger partial charge in [0.2, 0.25) is 5.91 Å². The Hall–Kier alpha value is -1.92. The molecule has 1 amide bonds. The molecule has 0 bridgehead atoms. The molecule has 1 fully saturated rings. The van der Waals surface area contributed by atoms with Crippen molar-refractivity contribution < 1.29 is 4.79 Å². The van der Waals surface area contributed by atoms with Crippen LogP contribution in [-0.4, -0.2) is 55.6 Å². The summed E-state index contributed by atoms with van der Waals surface area (Å²) < 4.78 is 0. The number of hydrogen-bond acceptors (Lipinski definition) is 5. The third-order valence-electron chi connectivity index (χ3n) is 3.94. The summed E-state index contributed by atoms with van der Waals surface area (Å²) >= 11 is 1.67. The Bertz CT molecular complexity index is 594. The molecule has 0 radical (unpaired) electrons. The molecule has 3 rings (SSSR count). The zero-order chi connectivity index (χ0) is 15.4. The topological polar surface area (TPSA) is 39.7 Å². The quantitative estimate of drug-likeness (QED) is 0.864. The van der Waals surface area contributed by atoms with E-state index in [1.807, 2.05) is 49.0 Å². The van der Waals surface area contributed by atoms with E-state index in [0.717, 1.165) is 37.0 Å². The lowest BCUT2D eigenvalue weighted by atomic mass is 10.3. The van der Waals surface area contributed by atoms with Crippen LogP contribution in [0.2, 0.25) is 0 Å². The Balaban J connectivity index is 1.51. The highest BCUT2D eigenvalue weighted by molar-refractivity contribution is 7.13. The highest BCUT2D eigenvalue weighted by Crippen LogP contribution is 2.19. The van der Waals surface area contributed by atoms with Crippen LogP contribution in [0.3, 0.4) is 0 Å². The molecule has 0 atom stereocenters. The summed E-state index contributed by atoms with van der Waals surface area (Å²) in [6.45, 7) is 4.12. The lowest BCUT2D eigenvalue weighted by Crippen LogP contribution is -2.49. The van der Waals surface area contributed by atoms with Crippen LogP contribution >= 0.6 is 11.3 Å². The number of aromatic nitrogens is 1. The SMILES string of the molecule is CN(C(=O)CN1CCN(c2nccs2)CC1)c1ccccc1. The van der Waals surface area contributed by atoms with E-state index in [0.29, 0.717) is 6.54 Å². The maximum absolute atomic E-state index is 12.4. The minimum absolute atomic E-state index is 0.133. The average molecular weight is 316 g/mol. The van der Waals surface area contributed by atoms with Crippen LogP contribution in [0.4, 0.5) is 10.8 Å². The number of anilines is 2. The van der Waals surface area contributed by atoms with Crippen molar-refractivity contribution in [1.82, 2.24) is 9.88 Å². The molecule has 0 N–H and O–H groups in total. The van der Waals surface area contributed by atoms with Crippen LogP contribution in [0.5, 0.6) is 0 Å². The van der Waals surface area contributed by atoms with Crippen LogP contribution < -0.4 is 9.80 Å². The maximum Gasteiger partial charge on any atom is 0.240 e. The maximum atomic E-state index is 12.4. The molecule has 1 saturated heterocycles. The monoisotopic (exact) mass is 316 g/mol. The van der Waals surface area contributed by atoms with Crippen molar-refractivity contribution in [3.05, 3.63) is 41.9 Å². The first-order valence-corrected chi connectivity index (χ1v) is 8.30. The van der Waals surface area contributed by atoms with Crippen molar-refractivity contribution in [1.29, 1.82) is 0 Å². The fourth-order valence-corrected chi connectivity index (χ4v) is 3.26. The first kappa shape index (κ1) is 15.0. The second kappa shape index (κ2) is 6.89. The molecule has 2 aromatic rings. The fourth-order valence-electron chi connectivity index (χ4n) is 2.56. The summed E-state index contributed by atoms with van der Waals surface area (Å²) in [4.78, 5) is 23.0. The first-order chi connectivity index (χ1) is 10.7. The van der Waals surface area contributed by atoms with E-state index in [2.05, 4.69) is 14.8 Å². The summed E-state index contributed by atoms with van der Waals surface area (Å²) in [5, 5.41) is 3.08. The molecule has 6 heteroatoms. The molecule has 116 valence electrons. The van der Waals surface area contributed by atoms with Gasteiger partial charge in [-0.15, -0.1) is 11.3 Å². The number of carbonyl (C=O) groups is 1. The van der Waals surface area contributed by atoms with E-state index in [1.165, 1.54) is 0 Å². The van der Waals surface area contributed by atoms with Gasteiger partial charge >= 0.3 is 0 Å². The Morgan fingerprint density at radius 3 is 2.59 bits per heavy atom. The van der Waals surface area contributed by atoms with Gasteiger partial charge in [0.1, 0.15) is 0 Å². The van der Waals surface area contributed by atoms with Gasteiger partial charge in [0.05, 0.1) is 6.54 Å². The molecule has 0 saturated carbocycles. The highest BCUT2D eigenvalue weighted by Gasteiger charge is 2.21. The Kier molecular flexibility index (Phi) is 4.70. The van der Waals surface area contributed by atoms with Gasteiger partial charge in [-0.05, 0) is 12.1 Å². The van der Waals surface area contributed by atoms with Crippen molar-refractivity contribution in [3.63, 3.8) is 0 Å². The minimum atomic E-state index is 0.133. The van der Waals surface area contributed by atoms with Crippen molar-refractivity contribution in [2.24, 2.45) is 0 Å². The Labute approximate surface area is 134 Å². The van der Waals surface area contributed by atoms with Crippen molar-refractivity contribution in [3.8, 4) is 0 Å². The third kappa shape index (κ3) is 3.45. The second-order valence-corrected chi connectivity index (χ2v) is 6.24. The molecule has 5 nitrogen and oxygen atoms in total. The molecule has 1 aliphatic heterocycles. The summed E-state index contributed by atoms with van der Waals surface area (Å²) in [6.07, 6.45) is 1.84. The predicted octanol–water partition coefficient (Wildman–Crippen LogP) is 1.93. The van der Waals surface area contributed by atoms with Crippen molar-refractivity contribution >= 4 is 28.1 Å². The summed E-state index contributed by atoms with van der Waals surface area (Å²) in [5.74, 6) is 0.133. The molecule has 0 aliphatic carbocycles. The summed E-state index contributed by atoms with van der Waals surface area (Å²) in [6, 6.07) is 9.77. The zero-order valence-corrected chi connectivity index (χ0v) is 13.5. The Morgan fingerprint density at radius 2 is 1.95 bits per heavy atom. The van der Waals surface area contributed by atoms with E-state index in [-0.39, 0.29) is 5.91 Å². The zero-order valence-electron chi connectivity index (χ0n) is 12.7. The molecule has 22 heavy (non-hydrogen) atoms. The third-order valence-corrected chi connectivity index (χ3v) is 4.77. The van der Waals surface area contributed by atoms with Crippen LogP contribution in [0.15, 0.2) is 41.9 Å². The fraction of sp³-hybridized carbons (Fsp3) is 0.375. The number of rotatable bonds is 4. The number of amides is 1. The summed E-state index contributed by atoms with van der Waals surface area (Å²) in [5.41, 5.74) is 0.939. The van der Waals surface area contributed by atoms with E-state index < -0.39 is 0 Å². The largest absolute Gasteiger partial charge is 0.346 e. The highest BCUT2D eigenvalue weighted by atomic mass is 32.1. The number of benzene rings is 1. The molecule has 1 aromatic heterocycles. The van der Waals surface area contributed by atoms with Gasteiger partial charge in [-0.3, -0.25) is 9.69 Å². The molecule has 1 aliphatic rings. The molecule has 2 heterocycles. The molecular formula is C16H20N4OS. The van der Waals surface area contributed by atoms with E-state index >= 15 is 0 Å². The van der Waals surface area contributed by atoms with Crippen LogP contribution in [0.1, 0.15) is 0 Å². The van der Waals surface area contributed by atoms with Gasteiger partial charge in [0.15, 0.2) is 5.13 Å². The number of piperazine rings is 1. The molecule has 0 unspecified atom stereocenters. The molecule has 1 aromatic carbocycles. The van der Waals surface area contributed by atoms with Gasteiger partial charge in [0.25, 0.3) is 0 Å². The second-order valence-electron chi connectivity index (χ2n) is 5.37. The normalized spacial score (nSPS) is 15.8. The average Bonchev–Trinajstić information content (AvgIpc) is 3.10. The van der Waals surface area contributed by atoms with Gasteiger partial charge in [0, 0.05) is 50.5 Å². The van der Waals surface area contributed by atoms with Crippen molar-refractivity contribution in [2.75, 3.05) is 49.6 Å². The van der Waals surface area contributed by atoms with Crippen molar-refractivity contribution in [2.45, 2.75) is 0 Å². The Morgan fingerprint density at radius 1 is 1.23 bits per heavy atom. The number of likely N-dealkylation sites (N-methyl/N-ethyl adjacent to an activating group) is 1. The smallest absolute Gasteiger partial charge is 0.240 e. The van der Waals surface area contributed by atoms with Gasteiger partial charge in [-0.1, -0.05) is 18.2 Å². The number of carbonyl (C=O) groups excluding carboxylic acids is 1. The van der Waals surface area contributed by atoms with Gasteiger partial charge in [-0.2, -0.15) is 0 Å². The predicted molar refractivity (Wildman–Crippen MR) is 90.6 cm³/mol. The molecule has 0 spiro atoms. The number of thiazole rings is 1. The minimum Gasteiger partial charge on any atom is -0.346 e. The number of nitrogens with zero attached hydrogens (tertiary/aromatic N) is 4. The standard InChI is InChI=1S/C16H20N4OS/c1-18(14-5-3-2-4-6-14)15(21)13-19-8-10-20(11-9-19)16-17-7-12-22-16/h2-7,12H,8-11,13H2,1H3. The van der Waals surface area contributed by atoms with Crippen LogP contribution in [0, 0.1) is 0 Å². The lowest BCUT2D eigenvalue weighted by molar-refractivity contribution is -0.119. The number of hydrogen-bond donors (Lipinski definition) is 0. The van der Waals surface area contributed by atoms with E-state index in [1.54, 1.807) is 16.2 Å². The van der Waals surface area contributed by atoms with E-state index in [9.17, 15) is 4.79 Å². The molecular weight excluding hydrogens is 296 g/mol. The van der Waals surface area contributed by atoms with Gasteiger partial charge < -0.3 is 9.80 Å². The number of para-hydroxylation sites is 1. The first-order valence-electron chi connectivity index (χ1n) is 7.42. The summed E-state index contributed by atoms with van der Waals surface area (Å²) in [7, 11) is 1.84. The van der Waals surface area contributed by atoms with Crippen LogP contribution in [-0.2, 0) is 4.79 Å².